The largest absolute Gasteiger partial charge is 0.369 e. The number of thiazole rings is 1. The summed E-state index contributed by atoms with van der Waals surface area (Å²) in [5, 5.41) is 4.67. The van der Waals surface area contributed by atoms with E-state index in [1.807, 2.05) is 36.4 Å². The van der Waals surface area contributed by atoms with Crippen LogP contribution in [-0.2, 0) is 6.54 Å². The van der Waals surface area contributed by atoms with E-state index in [2.05, 4.69) is 27.3 Å². The molecule has 0 amide bonds. The van der Waals surface area contributed by atoms with Crippen LogP contribution >= 0.6 is 34.5 Å². The predicted molar refractivity (Wildman–Crippen MR) is 112 cm³/mol. The highest BCUT2D eigenvalue weighted by Gasteiger charge is 2.18. The Balaban J connectivity index is 1.36. The van der Waals surface area contributed by atoms with Crippen molar-refractivity contribution in [2.24, 2.45) is 0 Å². The van der Waals surface area contributed by atoms with E-state index in [9.17, 15) is 0 Å². The third kappa shape index (κ3) is 4.04. The van der Waals surface area contributed by atoms with Gasteiger partial charge in [-0.3, -0.25) is 4.90 Å². The van der Waals surface area contributed by atoms with Gasteiger partial charge in [0.05, 0.1) is 10.7 Å². The van der Waals surface area contributed by atoms with Crippen molar-refractivity contribution < 1.29 is 0 Å². The first-order valence-electron chi connectivity index (χ1n) is 8.61. The molecule has 0 radical (unpaired) electrons. The Labute approximate surface area is 167 Å². The molecule has 26 heavy (non-hydrogen) atoms. The monoisotopic (exact) mass is 403 g/mol. The molecule has 3 aromatic rings. The van der Waals surface area contributed by atoms with Crippen LogP contribution in [0.25, 0.3) is 10.6 Å². The Hall–Kier alpha value is -1.59. The van der Waals surface area contributed by atoms with Crippen LogP contribution in [0.3, 0.4) is 0 Å². The van der Waals surface area contributed by atoms with Crippen LogP contribution in [0.15, 0.2) is 53.9 Å². The van der Waals surface area contributed by atoms with Crippen LogP contribution in [0.4, 0.5) is 5.69 Å². The van der Waals surface area contributed by atoms with Gasteiger partial charge in [0.1, 0.15) is 5.01 Å². The summed E-state index contributed by atoms with van der Waals surface area (Å²) in [6.07, 6.45) is 0. The fraction of sp³-hybridized carbons (Fsp3) is 0.250. The van der Waals surface area contributed by atoms with Crippen LogP contribution in [0, 0.1) is 0 Å². The topological polar surface area (TPSA) is 19.4 Å². The van der Waals surface area contributed by atoms with E-state index in [0.717, 1.165) is 59.0 Å². The molecule has 2 heterocycles. The van der Waals surface area contributed by atoms with Crippen LogP contribution in [0.2, 0.25) is 10.0 Å². The van der Waals surface area contributed by atoms with Crippen LogP contribution < -0.4 is 4.90 Å². The molecule has 0 aliphatic carbocycles. The first-order valence-corrected chi connectivity index (χ1v) is 10.2. The molecule has 6 heteroatoms. The summed E-state index contributed by atoms with van der Waals surface area (Å²) in [6.45, 7) is 4.98. The quantitative estimate of drug-likeness (QED) is 0.577. The Morgan fingerprint density at radius 1 is 0.923 bits per heavy atom. The van der Waals surface area contributed by atoms with Gasteiger partial charge in [-0.15, -0.1) is 11.3 Å². The smallest absolute Gasteiger partial charge is 0.125 e. The van der Waals surface area contributed by atoms with Crippen LogP contribution in [-0.4, -0.2) is 36.1 Å². The van der Waals surface area contributed by atoms with E-state index in [1.165, 1.54) is 5.69 Å². The molecular formula is C20H19Cl2N3S. The summed E-state index contributed by atoms with van der Waals surface area (Å²) >= 11 is 13.9. The lowest BCUT2D eigenvalue weighted by Crippen LogP contribution is -2.46. The van der Waals surface area contributed by atoms with E-state index < -0.39 is 0 Å². The van der Waals surface area contributed by atoms with Crippen molar-refractivity contribution >= 4 is 40.2 Å². The van der Waals surface area contributed by atoms with Crippen LogP contribution in [0.5, 0.6) is 0 Å². The highest BCUT2D eigenvalue weighted by atomic mass is 35.5. The number of anilines is 1. The summed E-state index contributed by atoms with van der Waals surface area (Å²) in [6, 6.07) is 16.0. The van der Waals surface area contributed by atoms with Gasteiger partial charge in [-0.2, -0.15) is 0 Å². The van der Waals surface area contributed by atoms with E-state index in [1.54, 1.807) is 11.3 Å². The van der Waals surface area contributed by atoms with Gasteiger partial charge >= 0.3 is 0 Å². The molecule has 0 spiro atoms. The highest BCUT2D eigenvalue weighted by molar-refractivity contribution is 7.13. The zero-order valence-corrected chi connectivity index (χ0v) is 16.6. The van der Waals surface area contributed by atoms with Gasteiger partial charge in [0.15, 0.2) is 0 Å². The summed E-state index contributed by atoms with van der Waals surface area (Å²) in [5.74, 6) is 0. The van der Waals surface area contributed by atoms with Crippen molar-refractivity contribution in [2.45, 2.75) is 6.54 Å². The molecule has 1 aliphatic heterocycles. The SMILES string of the molecule is Clc1ccc(N2CCN(Cc3csc(-c4ccccc4Cl)n3)CC2)cc1. The summed E-state index contributed by atoms with van der Waals surface area (Å²) in [7, 11) is 0. The second-order valence-corrected chi connectivity index (χ2v) is 8.07. The van der Waals surface area contributed by atoms with E-state index in [-0.39, 0.29) is 0 Å². The lowest BCUT2D eigenvalue weighted by atomic mass is 10.2. The van der Waals surface area contributed by atoms with Crippen molar-refractivity contribution in [1.29, 1.82) is 0 Å². The van der Waals surface area contributed by atoms with Gasteiger partial charge < -0.3 is 4.90 Å². The molecule has 1 fully saturated rings. The molecule has 1 aliphatic rings. The zero-order valence-electron chi connectivity index (χ0n) is 14.2. The molecule has 4 rings (SSSR count). The first-order chi connectivity index (χ1) is 12.7. The predicted octanol–water partition coefficient (Wildman–Crippen LogP) is 5.44. The fourth-order valence-corrected chi connectivity index (χ4v) is 4.44. The fourth-order valence-electron chi connectivity index (χ4n) is 3.18. The maximum Gasteiger partial charge on any atom is 0.125 e. The number of hydrogen-bond acceptors (Lipinski definition) is 4. The van der Waals surface area contributed by atoms with Gasteiger partial charge in [-0.05, 0) is 30.3 Å². The molecule has 3 nitrogen and oxygen atoms in total. The van der Waals surface area contributed by atoms with E-state index in [0.29, 0.717) is 0 Å². The average molecular weight is 404 g/mol. The van der Waals surface area contributed by atoms with Crippen LogP contribution in [0.1, 0.15) is 5.69 Å². The minimum atomic E-state index is 0.755. The highest BCUT2D eigenvalue weighted by Crippen LogP contribution is 2.30. The first kappa shape index (κ1) is 17.8. The number of rotatable bonds is 4. The molecule has 1 saturated heterocycles. The minimum absolute atomic E-state index is 0.755. The maximum atomic E-state index is 6.29. The molecule has 0 unspecified atom stereocenters. The molecule has 134 valence electrons. The van der Waals surface area contributed by atoms with Gasteiger partial charge in [-0.1, -0.05) is 41.4 Å². The summed E-state index contributed by atoms with van der Waals surface area (Å²) in [5.41, 5.74) is 3.37. The lowest BCUT2D eigenvalue weighted by molar-refractivity contribution is 0.247. The molecule has 1 aromatic heterocycles. The standard InChI is InChI=1S/C20H19Cl2N3S/c21-15-5-7-17(8-6-15)25-11-9-24(10-12-25)13-16-14-26-20(23-16)18-3-1-2-4-19(18)22/h1-8,14H,9-13H2. The van der Waals surface area contributed by atoms with Crippen molar-refractivity contribution in [3.8, 4) is 10.6 Å². The molecule has 2 aromatic carbocycles. The third-order valence-electron chi connectivity index (χ3n) is 4.61. The Morgan fingerprint density at radius 3 is 2.38 bits per heavy atom. The second kappa shape index (κ2) is 7.97. The minimum Gasteiger partial charge on any atom is -0.369 e. The molecule has 0 bridgehead atoms. The Bertz CT molecular complexity index is 871. The number of piperazine rings is 1. The van der Waals surface area contributed by atoms with Crippen molar-refractivity contribution in [3.63, 3.8) is 0 Å². The zero-order chi connectivity index (χ0) is 17.9. The van der Waals surface area contributed by atoms with Gasteiger partial charge in [-0.25, -0.2) is 4.98 Å². The van der Waals surface area contributed by atoms with Gasteiger partial charge in [0, 0.05) is 54.4 Å². The lowest BCUT2D eigenvalue weighted by Gasteiger charge is -2.35. The van der Waals surface area contributed by atoms with Crippen molar-refractivity contribution in [2.75, 3.05) is 31.1 Å². The van der Waals surface area contributed by atoms with Crippen molar-refractivity contribution in [3.05, 3.63) is 69.7 Å². The molecule has 0 atom stereocenters. The number of nitrogens with zero attached hydrogens (tertiary/aromatic N) is 3. The number of aromatic nitrogens is 1. The number of hydrogen-bond donors (Lipinski definition) is 0. The Kier molecular flexibility index (Phi) is 5.46. The maximum absolute atomic E-state index is 6.29. The normalized spacial score (nSPS) is 15.4. The third-order valence-corrected chi connectivity index (χ3v) is 6.11. The molecule has 0 N–H and O–H groups in total. The van der Waals surface area contributed by atoms with Gasteiger partial charge in [0.25, 0.3) is 0 Å². The molecule has 0 saturated carbocycles. The van der Waals surface area contributed by atoms with E-state index >= 15 is 0 Å². The number of benzene rings is 2. The van der Waals surface area contributed by atoms with E-state index in [4.69, 9.17) is 28.2 Å². The van der Waals surface area contributed by atoms with Gasteiger partial charge in [0.2, 0.25) is 0 Å². The van der Waals surface area contributed by atoms with Crippen molar-refractivity contribution in [1.82, 2.24) is 9.88 Å². The Morgan fingerprint density at radius 2 is 1.65 bits per heavy atom. The number of halogens is 2. The molecular weight excluding hydrogens is 385 g/mol. The summed E-state index contributed by atoms with van der Waals surface area (Å²) in [4.78, 5) is 9.65. The second-order valence-electron chi connectivity index (χ2n) is 6.36. The summed E-state index contributed by atoms with van der Waals surface area (Å²) < 4.78 is 0. The average Bonchev–Trinajstić information content (AvgIpc) is 3.12.